The molecule has 2 heterocycles. The van der Waals surface area contributed by atoms with Gasteiger partial charge in [0.25, 0.3) is 0 Å². The molecule has 0 radical (unpaired) electrons. The third kappa shape index (κ3) is 20.7. The minimum atomic E-state index is -1.49. The van der Waals surface area contributed by atoms with Gasteiger partial charge in [-0.2, -0.15) is 0 Å². The molecular formula is C57H78N16O10. The van der Waals surface area contributed by atoms with Gasteiger partial charge in [-0.05, 0) is 80.0 Å². The molecule has 18 N–H and O–H groups in total. The molecule has 0 aliphatic heterocycles. The van der Waals surface area contributed by atoms with E-state index >= 15 is 0 Å². The Morgan fingerprint density at radius 1 is 0.602 bits per heavy atom. The van der Waals surface area contributed by atoms with Gasteiger partial charge in [-0.15, -0.1) is 0 Å². The fourth-order valence-electron chi connectivity index (χ4n) is 9.20. The first kappa shape index (κ1) is 64.6. The van der Waals surface area contributed by atoms with Gasteiger partial charge in [-0.25, -0.2) is 4.98 Å². The zero-order valence-corrected chi connectivity index (χ0v) is 47.0. The fourth-order valence-corrected chi connectivity index (χ4v) is 9.20. The number of fused-ring (bicyclic) bond motifs is 2. The second-order valence-electron chi connectivity index (χ2n) is 20.3. The molecule has 0 saturated heterocycles. The number of nitrogens with one attached hydrogen (secondary N) is 10. The van der Waals surface area contributed by atoms with E-state index in [-0.39, 0.29) is 57.5 Å². The number of benzene rings is 3. The lowest BCUT2D eigenvalue weighted by molar-refractivity contribution is -0.136. The Kier molecular flexibility index (Phi) is 25.6. The predicted octanol–water partition coefficient (Wildman–Crippen LogP) is -0.563. The summed E-state index contributed by atoms with van der Waals surface area (Å²) in [7, 11) is 0. The van der Waals surface area contributed by atoms with E-state index in [1.165, 1.54) is 26.4 Å². The number of unbranched alkanes of at least 4 members (excludes halogenated alkanes) is 2. The van der Waals surface area contributed by atoms with Crippen molar-refractivity contribution < 1.29 is 47.9 Å². The Bertz CT molecular complexity index is 3050. The smallest absolute Gasteiger partial charge is 0.243 e. The Hall–Kier alpha value is -9.20. The molecule has 3 aromatic carbocycles. The Morgan fingerprint density at radius 3 is 1.81 bits per heavy atom. The number of aromatic amines is 2. The molecule has 26 nitrogen and oxygen atoms in total. The zero-order valence-electron chi connectivity index (χ0n) is 47.0. The van der Waals surface area contributed by atoms with Crippen LogP contribution in [0.2, 0.25) is 0 Å². The summed E-state index contributed by atoms with van der Waals surface area (Å²) < 4.78 is 0. The summed E-state index contributed by atoms with van der Waals surface area (Å²) >= 11 is 0. The molecule has 0 unspecified atom stereocenters. The third-order valence-corrected chi connectivity index (χ3v) is 13.7. The molecule has 0 fully saturated rings. The second kappa shape index (κ2) is 32.9. The van der Waals surface area contributed by atoms with Crippen LogP contribution in [0.3, 0.4) is 0 Å². The molecular weight excluding hydrogens is 1070 g/mol. The summed E-state index contributed by atoms with van der Waals surface area (Å²) in [5, 5.41) is 23.8. The Labute approximate surface area is 480 Å². The number of aldehydes is 1. The number of aromatic nitrogens is 3. The minimum absolute atomic E-state index is 0.0246. The molecule has 0 saturated carbocycles. The summed E-state index contributed by atoms with van der Waals surface area (Å²) in [4.78, 5) is 150. The van der Waals surface area contributed by atoms with Gasteiger partial charge in [-0.1, -0.05) is 80.4 Å². The van der Waals surface area contributed by atoms with Crippen molar-refractivity contribution >= 4 is 87.1 Å². The number of imidazole rings is 1. The normalized spacial score (nSPS) is 14.0. The standard InChI is InChI=1S/C57H78N16O10/c1-4-5-16-43(67-34(3)75)51(78)70-45(22-25-74)53(80)73-48(29-39-31-62-32-65-39)56(83)71-46(27-35-20-21-36-13-6-7-14-37(36)26-35)55(82)69-44(19-12-24-63-57(60)61)52(79)72-47(28-38-30-64-41-17-9-8-15-40(38)41)54(81)66-33(2)50(77)68-42(49(59)76)18-10-11-23-58/h6-9,13-15,17,20-21,25-26,30-33,42-48,64H,4-5,10-12,16,18-19,22-24,27-29,58H2,1-3H3,(H2,59,76)(H,62,65)(H,66,81)(H,67,75)(H,68,77)(H,69,82)(H,70,78)(H,71,83)(H,72,79)(H,73,80)(H4,60,61,63)/t33-,42-,43-,44-,45-,46+,47-,48-/m0/s1. The topological polar surface area (TPSA) is 428 Å². The highest BCUT2D eigenvalue weighted by molar-refractivity contribution is 5.99. The van der Waals surface area contributed by atoms with Crippen molar-refractivity contribution in [2.24, 2.45) is 27.9 Å². The highest BCUT2D eigenvalue weighted by Gasteiger charge is 2.35. The van der Waals surface area contributed by atoms with Gasteiger partial charge >= 0.3 is 0 Å². The van der Waals surface area contributed by atoms with Crippen molar-refractivity contribution in [3.05, 3.63) is 102 Å². The Balaban J connectivity index is 1.48. The van der Waals surface area contributed by atoms with Crippen molar-refractivity contribution in [2.45, 2.75) is 146 Å². The van der Waals surface area contributed by atoms with Gasteiger partial charge in [0, 0.05) is 68.1 Å². The average Bonchev–Trinajstić information content (AvgIpc) is 4.39. The number of carbonyl (C=O) groups excluding carboxylic acids is 10. The molecule has 446 valence electrons. The monoisotopic (exact) mass is 1150 g/mol. The highest BCUT2D eigenvalue weighted by atomic mass is 16.2. The lowest BCUT2D eigenvalue weighted by atomic mass is 9.99. The molecule has 0 bridgehead atoms. The van der Waals surface area contributed by atoms with Crippen LogP contribution in [-0.2, 0) is 67.2 Å². The van der Waals surface area contributed by atoms with Crippen molar-refractivity contribution in [1.29, 1.82) is 0 Å². The van der Waals surface area contributed by atoms with Gasteiger partial charge in [0.1, 0.15) is 54.6 Å². The molecule has 26 heteroatoms. The van der Waals surface area contributed by atoms with Crippen molar-refractivity contribution in [1.82, 2.24) is 57.5 Å². The number of para-hydroxylation sites is 1. The third-order valence-electron chi connectivity index (χ3n) is 13.7. The number of H-pyrrole nitrogens is 2. The van der Waals surface area contributed by atoms with Crippen LogP contribution in [0.25, 0.3) is 21.7 Å². The molecule has 9 amide bonds. The van der Waals surface area contributed by atoms with E-state index in [4.69, 9.17) is 22.9 Å². The van der Waals surface area contributed by atoms with Crippen molar-refractivity contribution in [2.75, 3.05) is 13.1 Å². The van der Waals surface area contributed by atoms with E-state index < -0.39 is 108 Å². The maximum atomic E-state index is 15.0. The lowest BCUT2D eigenvalue weighted by Gasteiger charge is -2.28. The highest BCUT2D eigenvalue weighted by Crippen LogP contribution is 2.21. The molecule has 5 aromatic rings. The van der Waals surface area contributed by atoms with E-state index in [0.29, 0.717) is 55.3 Å². The summed E-state index contributed by atoms with van der Waals surface area (Å²) in [6.07, 6.45) is 6.74. The first-order valence-electron chi connectivity index (χ1n) is 27.7. The van der Waals surface area contributed by atoms with Gasteiger partial charge < -0.3 is 80.2 Å². The van der Waals surface area contributed by atoms with E-state index in [1.807, 2.05) is 61.5 Å². The molecule has 83 heavy (non-hydrogen) atoms. The van der Waals surface area contributed by atoms with Crippen molar-refractivity contribution in [3.8, 4) is 0 Å². The van der Waals surface area contributed by atoms with Crippen LogP contribution < -0.4 is 65.5 Å². The number of hydrogen-bond donors (Lipinski definition) is 14. The van der Waals surface area contributed by atoms with Crippen LogP contribution in [0, 0.1) is 0 Å². The van der Waals surface area contributed by atoms with Crippen molar-refractivity contribution in [3.63, 3.8) is 0 Å². The van der Waals surface area contributed by atoms with Crippen LogP contribution in [0.15, 0.2) is 90.4 Å². The quantitative estimate of drug-likeness (QED) is 0.0105. The van der Waals surface area contributed by atoms with E-state index in [9.17, 15) is 47.9 Å². The van der Waals surface area contributed by atoms with Gasteiger partial charge in [0.2, 0.25) is 53.2 Å². The summed E-state index contributed by atoms with van der Waals surface area (Å²) in [6.45, 7) is 4.94. The first-order valence-corrected chi connectivity index (χ1v) is 27.7. The number of nitrogens with two attached hydrogens (primary N) is 4. The summed E-state index contributed by atoms with van der Waals surface area (Å²) in [5.74, 6) is -7.22. The largest absolute Gasteiger partial charge is 0.370 e. The van der Waals surface area contributed by atoms with Gasteiger partial charge in [0.05, 0.1) is 6.33 Å². The zero-order chi connectivity index (χ0) is 60.4. The molecule has 0 aliphatic rings. The molecule has 2 aromatic heterocycles. The minimum Gasteiger partial charge on any atom is -0.370 e. The van der Waals surface area contributed by atoms with Crippen LogP contribution in [0.1, 0.15) is 95.4 Å². The maximum Gasteiger partial charge on any atom is 0.243 e. The second-order valence-corrected chi connectivity index (χ2v) is 20.3. The molecule has 0 spiro atoms. The number of rotatable bonds is 35. The molecule has 8 atom stereocenters. The Morgan fingerprint density at radius 2 is 1.17 bits per heavy atom. The summed E-state index contributed by atoms with van der Waals surface area (Å²) in [5.41, 5.74) is 24.8. The van der Waals surface area contributed by atoms with Gasteiger partial charge in [0.15, 0.2) is 5.96 Å². The number of guanidine groups is 1. The molecule has 5 rings (SSSR count). The first-order chi connectivity index (χ1) is 39.8. The van der Waals surface area contributed by atoms with Crippen LogP contribution in [0.4, 0.5) is 0 Å². The number of carbonyl (C=O) groups is 10. The van der Waals surface area contributed by atoms with Crippen LogP contribution in [-0.4, -0.2) is 142 Å². The van der Waals surface area contributed by atoms with Crippen LogP contribution in [0.5, 0.6) is 0 Å². The lowest BCUT2D eigenvalue weighted by Crippen LogP contribution is -2.61. The predicted molar refractivity (Wildman–Crippen MR) is 311 cm³/mol. The van der Waals surface area contributed by atoms with E-state index in [0.717, 1.165) is 21.7 Å². The van der Waals surface area contributed by atoms with E-state index in [2.05, 4.69) is 62.5 Å². The number of nitrogens with zero attached hydrogens (tertiary/aromatic N) is 2. The SMILES string of the molecule is CCCC[C@H](NC(C)=O)C(=O)N[C@@H](CC=O)C(=O)N[C@@H](Cc1cnc[nH]1)C(=O)N[C@H](Cc1ccc2ccccc2c1)C(=O)N[C@@H](CCCN=C(N)N)C(=O)N[C@@H](Cc1c[nH]c2ccccc12)C(=O)N[C@@H](C)C(=O)N[C@@H](CCCCN)C(N)=O. The molecule has 0 aliphatic carbocycles. The number of primary amides is 1. The fraction of sp³-hybridized carbons (Fsp3) is 0.439. The van der Waals surface area contributed by atoms with E-state index in [1.54, 1.807) is 18.3 Å². The summed E-state index contributed by atoms with van der Waals surface area (Å²) in [6, 6.07) is 9.66. The maximum absolute atomic E-state index is 15.0. The number of hydrogen-bond acceptors (Lipinski definition) is 13. The van der Waals surface area contributed by atoms with Crippen LogP contribution >= 0.6 is 0 Å². The average molecular weight is 1150 g/mol. The number of amides is 9. The number of aliphatic imine (C=N–C) groups is 1. The van der Waals surface area contributed by atoms with Gasteiger partial charge in [-0.3, -0.25) is 48.1 Å².